The summed E-state index contributed by atoms with van der Waals surface area (Å²) < 4.78 is 13.5. The molecule has 0 aliphatic heterocycles. The predicted octanol–water partition coefficient (Wildman–Crippen LogP) is 2.66. The average Bonchev–Trinajstić information content (AvgIpc) is 2.50. The van der Waals surface area contributed by atoms with Crippen molar-refractivity contribution in [1.82, 2.24) is 5.43 Å². The van der Waals surface area contributed by atoms with E-state index in [1.807, 2.05) is 0 Å². The maximum absolute atomic E-state index is 13.5. The van der Waals surface area contributed by atoms with Crippen LogP contribution in [0.5, 0.6) is 0 Å². The number of halogens is 2. The monoisotopic (exact) mass is 306 g/mol. The van der Waals surface area contributed by atoms with Crippen molar-refractivity contribution in [2.75, 3.05) is 0 Å². The first kappa shape index (κ1) is 15.2. The van der Waals surface area contributed by atoms with Crippen LogP contribution in [-0.4, -0.2) is 17.2 Å². The third-order valence-corrected chi connectivity index (χ3v) is 3.06. The van der Waals surface area contributed by atoms with E-state index >= 15 is 0 Å². The van der Waals surface area contributed by atoms with E-state index in [1.54, 1.807) is 30.3 Å². The van der Waals surface area contributed by atoms with Crippen molar-refractivity contribution < 1.29 is 14.3 Å². The zero-order valence-corrected chi connectivity index (χ0v) is 11.6. The van der Waals surface area contributed by atoms with Crippen LogP contribution >= 0.6 is 11.6 Å². The molecule has 6 heteroatoms. The third-order valence-electron chi connectivity index (χ3n) is 2.73. The molecule has 1 amide bonds. The zero-order valence-electron chi connectivity index (χ0n) is 10.8. The second-order valence-corrected chi connectivity index (χ2v) is 4.59. The Bertz CT molecular complexity index is 642. The second kappa shape index (κ2) is 6.97. The molecule has 0 aliphatic rings. The van der Waals surface area contributed by atoms with Crippen LogP contribution in [0.4, 0.5) is 4.39 Å². The number of hydrazone groups is 1. The van der Waals surface area contributed by atoms with Crippen molar-refractivity contribution >= 4 is 23.7 Å². The summed E-state index contributed by atoms with van der Waals surface area (Å²) in [6.07, 6.45) is -0.257. The Balaban J connectivity index is 2.03. The number of hydrogen-bond acceptors (Lipinski definition) is 3. The molecule has 0 saturated heterocycles. The molecule has 2 rings (SSSR count). The van der Waals surface area contributed by atoms with Gasteiger partial charge in [-0.3, -0.25) is 4.79 Å². The van der Waals surface area contributed by atoms with Crippen LogP contribution in [0.3, 0.4) is 0 Å². The maximum Gasteiger partial charge on any atom is 0.273 e. The van der Waals surface area contributed by atoms with Crippen LogP contribution in [0.1, 0.15) is 17.2 Å². The lowest BCUT2D eigenvalue weighted by atomic mass is 10.1. The highest BCUT2D eigenvalue weighted by Crippen LogP contribution is 2.16. The molecule has 2 aromatic rings. The lowest BCUT2D eigenvalue weighted by Gasteiger charge is -2.08. The first-order chi connectivity index (χ1) is 10.1. The summed E-state index contributed by atoms with van der Waals surface area (Å²) >= 11 is 5.81. The molecule has 0 aliphatic carbocycles. The van der Waals surface area contributed by atoms with Crippen LogP contribution in [0.2, 0.25) is 5.02 Å². The number of aliphatic hydroxyl groups excluding tert-OH is 1. The quantitative estimate of drug-likeness (QED) is 0.674. The van der Waals surface area contributed by atoms with Gasteiger partial charge in [-0.05, 0) is 17.7 Å². The third kappa shape index (κ3) is 3.87. The number of nitrogens with one attached hydrogen (secondary N) is 1. The van der Waals surface area contributed by atoms with E-state index in [1.165, 1.54) is 18.2 Å². The van der Waals surface area contributed by atoms with Gasteiger partial charge >= 0.3 is 0 Å². The molecule has 0 aromatic heterocycles. The van der Waals surface area contributed by atoms with Gasteiger partial charge in [-0.25, -0.2) is 9.82 Å². The van der Waals surface area contributed by atoms with Crippen LogP contribution in [0.25, 0.3) is 0 Å². The van der Waals surface area contributed by atoms with Crippen LogP contribution in [0.15, 0.2) is 53.6 Å². The smallest absolute Gasteiger partial charge is 0.273 e. The molecule has 0 bridgehead atoms. The van der Waals surface area contributed by atoms with E-state index in [4.69, 9.17) is 11.6 Å². The van der Waals surface area contributed by atoms with E-state index < -0.39 is 17.8 Å². The Morgan fingerprint density at radius 3 is 2.62 bits per heavy atom. The lowest BCUT2D eigenvalue weighted by molar-refractivity contribution is -0.129. The van der Waals surface area contributed by atoms with Crippen molar-refractivity contribution in [2.45, 2.75) is 6.10 Å². The SMILES string of the molecule is O=C(N/N=C/c1c(F)cccc1Cl)C(O)c1ccccc1. The molecular weight excluding hydrogens is 295 g/mol. The molecular formula is C15H12ClFN2O2. The van der Waals surface area contributed by atoms with Crippen LogP contribution < -0.4 is 5.43 Å². The normalized spacial score (nSPS) is 12.3. The minimum absolute atomic E-state index is 0.0636. The Morgan fingerprint density at radius 2 is 1.95 bits per heavy atom. The molecule has 108 valence electrons. The number of amides is 1. The molecule has 0 spiro atoms. The highest BCUT2D eigenvalue weighted by Gasteiger charge is 2.16. The fourth-order valence-corrected chi connectivity index (χ4v) is 1.85. The molecule has 0 saturated carbocycles. The summed E-state index contributed by atoms with van der Waals surface area (Å²) in [6, 6.07) is 12.6. The van der Waals surface area contributed by atoms with Crippen LogP contribution in [-0.2, 0) is 4.79 Å². The minimum atomic E-state index is -1.35. The van der Waals surface area contributed by atoms with Crippen molar-refractivity contribution in [3.63, 3.8) is 0 Å². The molecule has 21 heavy (non-hydrogen) atoms. The lowest BCUT2D eigenvalue weighted by Crippen LogP contribution is -2.25. The highest BCUT2D eigenvalue weighted by atomic mass is 35.5. The number of carbonyl (C=O) groups excluding carboxylic acids is 1. The van der Waals surface area contributed by atoms with Gasteiger partial charge in [0.05, 0.1) is 11.2 Å². The second-order valence-electron chi connectivity index (χ2n) is 4.18. The van der Waals surface area contributed by atoms with Gasteiger partial charge in [0.2, 0.25) is 0 Å². The van der Waals surface area contributed by atoms with E-state index in [0.717, 1.165) is 6.21 Å². The summed E-state index contributed by atoms with van der Waals surface area (Å²) in [5.41, 5.74) is 2.64. The van der Waals surface area contributed by atoms with Gasteiger partial charge in [0.25, 0.3) is 5.91 Å². The Kier molecular flexibility index (Phi) is 5.03. The molecule has 0 radical (unpaired) electrons. The van der Waals surface area contributed by atoms with E-state index in [2.05, 4.69) is 10.5 Å². The van der Waals surface area contributed by atoms with E-state index in [9.17, 15) is 14.3 Å². The summed E-state index contributed by atoms with van der Waals surface area (Å²) in [5, 5.41) is 13.6. The number of hydrogen-bond donors (Lipinski definition) is 2. The standard InChI is InChI=1S/C15H12ClFN2O2/c16-12-7-4-8-13(17)11(12)9-18-19-15(21)14(20)10-5-2-1-3-6-10/h1-9,14,20H,(H,19,21)/b18-9+. The number of carbonyl (C=O) groups is 1. The molecule has 0 fully saturated rings. The highest BCUT2D eigenvalue weighted by molar-refractivity contribution is 6.33. The van der Waals surface area contributed by atoms with Crippen LogP contribution in [0, 0.1) is 5.82 Å². The van der Waals surface area contributed by atoms with E-state index in [0.29, 0.717) is 5.56 Å². The maximum atomic E-state index is 13.5. The van der Waals surface area contributed by atoms with Gasteiger partial charge in [-0.1, -0.05) is 48.0 Å². The Labute approximate surface area is 125 Å². The van der Waals surface area contributed by atoms with E-state index in [-0.39, 0.29) is 10.6 Å². The Hall–Kier alpha value is -2.24. The largest absolute Gasteiger partial charge is 0.378 e. The molecule has 0 heterocycles. The van der Waals surface area contributed by atoms with Gasteiger partial charge in [-0.2, -0.15) is 5.10 Å². The fourth-order valence-electron chi connectivity index (χ4n) is 1.64. The number of aliphatic hydroxyl groups is 1. The average molecular weight is 307 g/mol. The molecule has 1 unspecified atom stereocenters. The predicted molar refractivity (Wildman–Crippen MR) is 78.5 cm³/mol. The summed E-state index contributed by atoms with van der Waals surface area (Å²) in [4.78, 5) is 11.7. The number of rotatable bonds is 4. The molecule has 2 N–H and O–H groups in total. The topological polar surface area (TPSA) is 61.7 Å². The summed E-state index contributed by atoms with van der Waals surface area (Å²) in [6.45, 7) is 0. The number of benzene rings is 2. The van der Waals surface area contributed by atoms with Crippen molar-refractivity contribution in [1.29, 1.82) is 0 Å². The summed E-state index contributed by atoms with van der Waals surface area (Å²) in [7, 11) is 0. The summed E-state index contributed by atoms with van der Waals surface area (Å²) in [5.74, 6) is -1.27. The molecule has 1 atom stereocenters. The van der Waals surface area contributed by atoms with Crippen molar-refractivity contribution in [2.24, 2.45) is 5.10 Å². The first-order valence-electron chi connectivity index (χ1n) is 6.09. The molecule has 4 nitrogen and oxygen atoms in total. The first-order valence-corrected chi connectivity index (χ1v) is 6.47. The van der Waals surface area contributed by atoms with Crippen molar-refractivity contribution in [3.8, 4) is 0 Å². The molecule has 2 aromatic carbocycles. The van der Waals surface area contributed by atoms with Gasteiger partial charge < -0.3 is 5.11 Å². The van der Waals surface area contributed by atoms with Gasteiger partial charge in [0.15, 0.2) is 6.10 Å². The van der Waals surface area contributed by atoms with Gasteiger partial charge in [-0.15, -0.1) is 0 Å². The fraction of sp³-hybridized carbons (Fsp3) is 0.0667. The van der Waals surface area contributed by atoms with Gasteiger partial charge in [0, 0.05) is 5.56 Å². The minimum Gasteiger partial charge on any atom is -0.378 e. The Morgan fingerprint density at radius 1 is 1.24 bits per heavy atom. The van der Waals surface area contributed by atoms with Crippen molar-refractivity contribution in [3.05, 3.63) is 70.5 Å². The number of nitrogens with zero attached hydrogens (tertiary/aromatic N) is 1. The zero-order chi connectivity index (χ0) is 15.2. The van der Waals surface area contributed by atoms with Gasteiger partial charge in [0.1, 0.15) is 5.82 Å².